The zero-order chi connectivity index (χ0) is 16.6. The minimum Gasteiger partial charge on any atom is -0.457 e. The lowest BCUT2D eigenvalue weighted by Crippen LogP contribution is -2.01. The number of aliphatic hydroxyl groups is 1. The average Bonchev–Trinajstić information content (AvgIpc) is 2.89. The van der Waals surface area contributed by atoms with Gasteiger partial charge in [-0.15, -0.1) is 0 Å². The van der Waals surface area contributed by atoms with Crippen LogP contribution in [0.1, 0.15) is 29.2 Å². The van der Waals surface area contributed by atoms with Gasteiger partial charge in [-0.2, -0.15) is 5.26 Å². The van der Waals surface area contributed by atoms with Gasteiger partial charge in [-0.25, -0.2) is 4.39 Å². The topological polar surface area (TPSA) is 70.3 Å². The van der Waals surface area contributed by atoms with E-state index in [-0.39, 0.29) is 11.3 Å². The molecule has 0 saturated carbocycles. The van der Waals surface area contributed by atoms with Crippen molar-refractivity contribution in [1.82, 2.24) is 0 Å². The summed E-state index contributed by atoms with van der Waals surface area (Å²) < 4.78 is 31.1. The molecule has 0 fully saturated rings. The fourth-order valence-corrected chi connectivity index (χ4v) is 3.66. The maximum atomic E-state index is 13.5. The molecule has 0 radical (unpaired) electrons. The molecule has 118 valence electrons. The van der Waals surface area contributed by atoms with Crippen LogP contribution in [-0.2, 0) is 17.2 Å². The minimum absolute atomic E-state index is 0.169. The van der Waals surface area contributed by atoms with Crippen molar-refractivity contribution < 1.29 is 18.4 Å². The zero-order valence-corrected chi connectivity index (χ0v) is 13.2. The fourth-order valence-electron chi connectivity index (χ4n) is 2.83. The van der Waals surface area contributed by atoms with E-state index in [9.17, 15) is 13.7 Å². The van der Waals surface area contributed by atoms with Gasteiger partial charge in [0.05, 0.1) is 28.5 Å². The molecule has 1 aliphatic carbocycles. The first kappa shape index (κ1) is 15.7. The molecule has 0 bridgehead atoms. The Labute approximate surface area is 135 Å². The summed E-state index contributed by atoms with van der Waals surface area (Å²) in [6.07, 6.45) is 2.02. The van der Waals surface area contributed by atoms with Gasteiger partial charge in [-0.3, -0.25) is 4.21 Å². The van der Waals surface area contributed by atoms with Gasteiger partial charge in [-0.1, -0.05) is 0 Å². The molecular weight excluding hydrogens is 317 g/mol. The molecule has 1 aliphatic rings. The van der Waals surface area contributed by atoms with Crippen LogP contribution in [0.5, 0.6) is 11.5 Å². The van der Waals surface area contributed by atoms with E-state index in [4.69, 9.17) is 10.00 Å². The van der Waals surface area contributed by atoms with Crippen molar-refractivity contribution in [3.05, 3.63) is 52.8 Å². The molecule has 0 aliphatic heterocycles. The number of hydrogen-bond acceptors (Lipinski definition) is 4. The molecule has 1 N–H and O–H groups in total. The van der Waals surface area contributed by atoms with Gasteiger partial charge < -0.3 is 9.84 Å². The van der Waals surface area contributed by atoms with E-state index in [1.165, 1.54) is 12.1 Å². The molecule has 2 aromatic rings. The van der Waals surface area contributed by atoms with Crippen LogP contribution in [0.15, 0.2) is 35.2 Å². The lowest BCUT2D eigenvalue weighted by molar-refractivity contribution is 0.177. The van der Waals surface area contributed by atoms with Crippen LogP contribution in [0.3, 0.4) is 0 Å². The van der Waals surface area contributed by atoms with Crippen molar-refractivity contribution in [2.75, 3.05) is 6.26 Å². The number of aliphatic hydroxyl groups excluding tert-OH is 1. The number of benzene rings is 2. The molecule has 2 aromatic carbocycles. The second-order valence-electron chi connectivity index (χ2n) is 5.35. The molecule has 6 heteroatoms. The summed E-state index contributed by atoms with van der Waals surface area (Å²) in [5.74, 6) is 0.151. The van der Waals surface area contributed by atoms with E-state index in [1.807, 2.05) is 6.07 Å². The van der Waals surface area contributed by atoms with Crippen LogP contribution in [0.25, 0.3) is 0 Å². The van der Waals surface area contributed by atoms with Crippen molar-refractivity contribution in [1.29, 1.82) is 5.26 Å². The SMILES string of the molecule is CS(=O)c1ccc(Oc2cc(F)cc(C#N)c2)c2c1C(O)CC2. The minimum atomic E-state index is -1.21. The van der Waals surface area contributed by atoms with Gasteiger partial charge >= 0.3 is 0 Å². The standard InChI is InChI=1S/C17H14FNO3S/c1-23(21)16-5-4-15(13-2-3-14(20)17(13)16)22-12-7-10(9-19)6-11(18)8-12/h4-8,14,20H,2-3H2,1H3. The zero-order valence-electron chi connectivity index (χ0n) is 12.4. The number of halogens is 1. The molecule has 3 rings (SSSR count). The Hall–Kier alpha value is -2.23. The Balaban J connectivity index is 2.04. The highest BCUT2D eigenvalue weighted by Crippen LogP contribution is 2.41. The summed E-state index contributed by atoms with van der Waals surface area (Å²) in [6.45, 7) is 0. The normalized spacial score (nSPS) is 17.4. The third-order valence-electron chi connectivity index (χ3n) is 3.81. The summed E-state index contributed by atoms with van der Waals surface area (Å²) in [5.41, 5.74) is 1.59. The third-order valence-corrected chi connectivity index (χ3v) is 4.79. The maximum absolute atomic E-state index is 13.5. The summed E-state index contributed by atoms with van der Waals surface area (Å²) >= 11 is 0. The molecule has 0 amide bonds. The van der Waals surface area contributed by atoms with E-state index >= 15 is 0 Å². The van der Waals surface area contributed by atoms with Crippen molar-refractivity contribution >= 4 is 10.8 Å². The Kier molecular flexibility index (Phi) is 4.16. The van der Waals surface area contributed by atoms with Gasteiger partial charge in [0.2, 0.25) is 0 Å². The smallest absolute Gasteiger partial charge is 0.131 e. The highest BCUT2D eigenvalue weighted by molar-refractivity contribution is 7.84. The Morgan fingerprint density at radius 2 is 2.17 bits per heavy atom. The van der Waals surface area contributed by atoms with E-state index in [2.05, 4.69) is 0 Å². The highest BCUT2D eigenvalue weighted by atomic mass is 32.2. The van der Waals surface area contributed by atoms with Crippen LogP contribution < -0.4 is 4.74 Å². The summed E-state index contributed by atoms with van der Waals surface area (Å²) in [4.78, 5) is 0.592. The fraction of sp³-hybridized carbons (Fsp3) is 0.235. The number of fused-ring (bicyclic) bond motifs is 1. The van der Waals surface area contributed by atoms with Crippen LogP contribution in [0.2, 0.25) is 0 Å². The number of nitriles is 1. The second-order valence-corrected chi connectivity index (χ2v) is 6.70. The van der Waals surface area contributed by atoms with Crippen LogP contribution in [-0.4, -0.2) is 15.6 Å². The summed E-state index contributed by atoms with van der Waals surface area (Å²) in [6, 6.07) is 8.98. The van der Waals surface area contributed by atoms with Gasteiger partial charge in [0.15, 0.2) is 0 Å². The summed E-state index contributed by atoms with van der Waals surface area (Å²) in [5, 5.41) is 19.0. The lowest BCUT2D eigenvalue weighted by Gasteiger charge is -2.14. The summed E-state index contributed by atoms with van der Waals surface area (Å²) in [7, 11) is -1.21. The number of ether oxygens (including phenoxy) is 1. The molecule has 23 heavy (non-hydrogen) atoms. The van der Waals surface area contributed by atoms with Gasteiger partial charge in [0.25, 0.3) is 0 Å². The molecule has 2 unspecified atom stereocenters. The van der Waals surface area contributed by atoms with Crippen LogP contribution in [0, 0.1) is 17.1 Å². The van der Waals surface area contributed by atoms with E-state index in [1.54, 1.807) is 18.4 Å². The van der Waals surface area contributed by atoms with Crippen molar-refractivity contribution in [2.45, 2.75) is 23.8 Å². The Bertz CT molecular complexity index is 844. The van der Waals surface area contributed by atoms with E-state index in [0.29, 0.717) is 29.1 Å². The quantitative estimate of drug-likeness (QED) is 0.937. The first-order valence-corrected chi connectivity index (χ1v) is 8.61. The average molecular weight is 331 g/mol. The maximum Gasteiger partial charge on any atom is 0.131 e. The van der Waals surface area contributed by atoms with Crippen molar-refractivity contribution in [2.24, 2.45) is 0 Å². The number of hydrogen-bond donors (Lipinski definition) is 1. The van der Waals surface area contributed by atoms with Crippen LogP contribution in [0.4, 0.5) is 4.39 Å². The molecular formula is C17H14FNO3S. The largest absolute Gasteiger partial charge is 0.457 e. The van der Waals surface area contributed by atoms with E-state index in [0.717, 1.165) is 11.6 Å². The van der Waals surface area contributed by atoms with Crippen molar-refractivity contribution in [3.63, 3.8) is 0 Å². The predicted octanol–water partition coefficient (Wildman–Crippen LogP) is 3.21. The molecule has 4 nitrogen and oxygen atoms in total. The molecule has 2 atom stereocenters. The molecule has 0 spiro atoms. The number of nitrogens with zero attached hydrogens (tertiary/aromatic N) is 1. The first-order chi connectivity index (χ1) is 11.0. The van der Waals surface area contributed by atoms with Crippen LogP contribution >= 0.6 is 0 Å². The van der Waals surface area contributed by atoms with Gasteiger partial charge in [-0.05, 0) is 37.1 Å². The first-order valence-electron chi connectivity index (χ1n) is 7.05. The van der Waals surface area contributed by atoms with E-state index < -0.39 is 22.7 Å². The van der Waals surface area contributed by atoms with Crippen molar-refractivity contribution in [3.8, 4) is 17.6 Å². The number of rotatable bonds is 3. The monoisotopic (exact) mass is 331 g/mol. The molecule has 0 saturated heterocycles. The Morgan fingerprint density at radius 3 is 2.87 bits per heavy atom. The highest BCUT2D eigenvalue weighted by Gasteiger charge is 2.28. The Morgan fingerprint density at radius 1 is 1.39 bits per heavy atom. The molecule has 0 aromatic heterocycles. The van der Waals surface area contributed by atoms with Gasteiger partial charge in [0, 0.05) is 28.3 Å². The third kappa shape index (κ3) is 2.98. The van der Waals surface area contributed by atoms with Gasteiger partial charge in [0.1, 0.15) is 17.3 Å². The lowest BCUT2D eigenvalue weighted by atomic mass is 10.1. The predicted molar refractivity (Wildman–Crippen MR) is 83.2 cm³/mol. The second kappa shape index (κ2) is 6.11. The molecule has 0 heterocycles.